The molecular weight excluding hydrogens is 282 g/mol. The van der Waals surface area contributed by atoms with Gasteiger partial charge in [-0.3, -0.25) is 9.59 Å². The molecule has 2 N–H and O–H groups in total. The highest BCUT2D eigenvalue weighted by Crippen LogP contribution is 2.29. The van der Waals surface area contributed by atoms with Gasteiger partial charge in [0, 0.05) is 33.3 Å². The van der Waals surface area contributed by atoms with Gasteiger partial charge >= 0.3 is 0 Å². The maximum Gasteiger partial charge on any atom is 0.248 e. The van der Waals surface area contributed by atoms with Crippen molar-refractivity contribution in [2.24, 2.45) is 5.73 Å². The SMILES string of the molecule is COCC(=O)N1CCN(C(=O)C2(N)CCCC2)CC1.Cl. The molecule has 20 heavy (non-hydrogen) atoms. The molecule has 0 aromatic heterocycles. The van der Waals surface area contributed by atoms with Crippen molar-refractivity contribution in [2.75, 3.05) is 39.9 Å². The Kier molecular flexibility index (Phi) is 6.23. The summed E-state index contributed by atoms with van der Waals surface area (Å²) in [6.45, 7) is 2.41. The summed E-state index contributed by atoms with van der Waals surface area (Å²) in [5.74, 6) is 0.0433. The van der Waals surface area contributed by atoms with E-state index in [1.807, 2.05) is 4.90 Å². The largest absolute Gasteiger partial charge is 0.375 e. The molecule has 1 saturated heterocycles. The van der Waals surface area contributed by atoms with Gasteiger partial charge in [-0.05, 0) is 12.8 Å². The Morgan fingerprint density at radius 1 is 1.10 bits per heavy atom. The minimum absolute atomic E-state index is 0. The first-order valence-corrected chi connectivity index (χ1v) is 6.92. The van der Waals surface area contributed by atoms with E-state index in [1.165, 1.54) is 7.11 Å². The van der Waals surface area contributed by atoms with E-state index in [4.69, 9.17) is 10.5 Å². The van der Waals surface area contributed by atoms with Crippen LogP contribution in [0.25, 0.3) is 0 Å². The van der Waals surface area contributed by atoms with E-state index in [9.17, 15) is 9.59 Å². The minimum atomic E-state index is -0.654. The number of carbonyl (C=O) groups is 2. The topological polar surface area (TPSA) is 75.9 Å². The fraction of sp³-hybridized carbons (Fsp3) is 0.846. The van der Waals surface area contributed by atoms with E-state index >= 15 is 0 Å². The molecule has 1 saturated carbocycles. The molecule has 2 amide bonds. The van der Waals surface area contributed by atoms with Gasteiger partial charge in [-0.15, -0.1) is 12.4 Å². The van der Waals surface area contributed by atoms with E-state index in [2.05, 4.69) is 0 Å². The number of amides is 2. The summed E-state index contributed by atoms with van der Waals surface area (Å²) in [7, 11) is 1.51. The van der Waals surface area contributed by atoms with Crippen molar-refractivity contribution in [3.63, 3.8) is 0 Å². The Balaban J connectivity index is 0.00000200. The summed E-state index contributed by atoms with van der Waals surface area (Å²) in [5.41, 5.74) is 5.53. The molecule has 0 unspecified atom stereocenters. The highest BCUT2D eigenvalue weighted by molar-refractivity contribution is 5.87. The molecule has 0 atom stereocenters. The van der Waals surface area contributed by atoms with Gasteiger partial charge < -0.3 is 20.3 Å². The standard InChI is InChI=1S/C13H23N3O3.ClH/c1-19-10-11(17)15-6-8-16(9-7-15)12(18)13(14)4-2-3-5-13;/h2-10,14H2,1H3;1H. The number of ether oxygens (including phenoxy) is 1. The second-order valence-electron chi connectivity index (χ2n) is 5.47. The Hall–Kier alpha value is -0.850. The third-order valence-electron chi connectivity index (χ3n) is 4.11. The van der Waals surface area contributed by atoms with Crippen molar-refractivity contribution < 1.29 is 14.3 Å². The Morgan fingerprint density at radius 2 is 1.60 bits per heavy atom. The van der Waals surface area contributed by atoms with Gasteiger partial charge in [-0.2, -0.15) is 0 Å². The lowest BCUT2D eigenvalue weighted by atomic mass is 9.97. The van der Waals surface area contributed by atoms with E-state index in [0.29, 0.717) is 26.2 Å². The summed E-state index contributed by atoms with van der Waals surface area (Å²) >= 11 is 0. The van der Waals surface area contributed by atoms with Crippen molar-refractivity contribution >= 4 is 24.2 Å². The number of nitrogens with zero attached hydrogens (tertiary/aromatic N) is 2. The van der Waals surface area contributed by atoms with Crippen LogP contribution in [0.1, 0.15) is 25.7 Å². The van der Waals surface area contributed by atoms with E-state index in [-0.39, 0.29) is 30.8 Å². The van der Waals surface area contributed by atoms with Crippen LogP contribution in [0.4, 0.5) is 0 Å². The van der Waals surface area contributed by atoms with E-state index in [1.54, 1.807) is 4.90 Å². The molecule has 1 aliphatic carbocycles. The second kappa shape index (κ2) is 7.24. The third kappa shape index (κ3) is 3.62. The molecule has 6 nitrogen and oxygen atoms in total. The lowest BCUT2D eigenvalue weighted by molar-refractivity contribution is -0.144. The number of piperazine rings is 1. The molecule has 0 spiro atoms. The van der Waals surface area contributed by atoms with Crippen molar-refractivity contribution in [3.05, 3.63) is 0 Å². The van der Waals surface area contributed by atoms with E-state index < -0.39 is 5.54 Å². The van der Waals surface area contributed by atoms with Gasteiger partial charge in [-0.25, -0.2) is 0 Å². The number of rotatable bonds is 3. The first-order valence-electron chi connectivity index (χ1n) is 6.92. The van der Waals surface area contributed by atoms with Gasteiger partial charge in [0.05, 0.1) is 5.54 Å². The average Bonchev–Trinajstić information content (AvgIpc) is 2.86. The highest BCUT2D eigenvalue weighted by Gasteiger charge is 2.40. The predicted molar refractivity (Wildman–Crippen MR) is 77.7 cm³/mol. The smallest absolute Gasteiger partial charge is 0.248 e. The van der Waals surface area contributed by atoms with Crippen LogP contribution in [0.2, 0.25) is 0 Å². The quantitative estimate of drug-likeness (QED) is 0.796. The van der Waals surface area contributed by atoms with Gasteiger partial charge in [0.1, 0.15) is 6.61 Å². The minimum Gasteiger partial charge on any atom is -0.375 e. The number of carbonyl (C=O) groups excluding carboxylic acids is 2. The normalized spacial score (nSPS) is 21.5. The average molecular weight is 306 g/mol. The van der Waals surface area contributed by atoms with Crippen LogP contribution in [0, 0.1) is 0 Å². The molecule has 1 aliphatic heterocycles. The van der Waals surface area contributed by atoms with Crippen LogP contribution < -0.4 is 5.73 Å². The predicted octanol–water partition coefficient (Wildman–Crippen LogP) is -0.00310. The first kappa shape index (κ1) is 17.2. The second-order valence-corrected chi connectivity index (χ2v) is 5.47. The monoisotopic (exact) mass is 305 g/mol. The molecule has 2 rings (SSSR count). The number of hydrogen-bond donors (Lipinski definition) is 1. The molecule has 2 aliphatic rings. The van der Waals surface area contributed by atoms with Crippen LogP contribution in [0.15, 0.2) is 0 Å². The molecule has 1 heterocycles. The third-order valence-corrected chi connectivity index (χ3v) is 4.11. The maximum absolute atomic E-state index is 12.4. The molecular formula is C13H24ClN3O3. The van der Waals surface area contributed by atoms with Gasteiger partial charge in [0.15, 0.2) is 0 Å². The van der Waals surface area contributed by atoms with Crippen LogP contribution >= 0.6 is 12.4 Å². The number of methoxy groups -OCH3 is 1. The van der Waals surface area contributed by atoms with Crippen molar-refractivity contribution in [1.82, 2.24) is 9.80 Å². The van der Waals surface area contributed by atoms with Crippen molar-refractivity contribution in [2.45, 2.75) is 31.2 Å². The van der Waals surface area contributed by atoms with Crippen LogP contribution in [0.3, 0.4) is 0 Å². The number of halogens is 1. The summed E-state index contributed by atoms with van der Waals surface area (Å²) in [6.07, 6.45) is 3.65. The summed E-state index contributed by atoms with van der Waals surface area (Å²) in [5, 5.41) is 0. The number of hydrogen-bond acceptors (Lipinski definition) is 4. The summed E-state index contributed by atoms with van der Waals surface area (Å²) in [4.78, 5) is 27.6. The van der Waals surface area contributed by atoms with Gasteiger partial charge in [0.2, 0.25) is 11.8 Å². The van der Waals surface area contributed by atoms with Crippen LogP contribution in [0.5, 0.6) is 0 Å². The molecule has 116 valence electrons. The van der Waals surface area contributed by atoms with Crippen LogP contribution in [-0.2, 0) is 14.3 Å². The van der Waals surface area contributed by atoms with Crippen molar-refractivity contribution in [3.8, 4) is 0 Å². The zero-order valence-corrected chi connectivity index (χ0v) is 12.8. The Morgan fingerprint density at radius 3 is 2.10 bits per heavy atom. The van der Waals surface area contributed by atoms with Gasteiger partial charge in [0.25, 0.3) is 0 Å². The fourth-order valence-electron chi connectivity index (χ4n) is 2.91. The summed E-state index contributed by atoms with van der Waals surface area (Å²) < 4.78 is 4.84. The van der Waals surface area contributed by atoms with Gasteiger partial charge in [-0.1, -0.05) is 12.8 Å². The molecule has 2 fully saturated rings. The molecule has 0 radical (unpaired) electrons. The Bertz CT molecular complexity index is 351. The molecule has 0 aromatic carbocycles. The number of nitrogens with two attached hydrogens (primary N) is 1. The molecule has 0 bridgehead atoms. The first-order chi connectivity index (χ1) is 9.07. The Labute approximate surface area is 126 Å². The molecule has 7 heteroatoms. The lowest BCUT2D eigenvalue weighted by Crippen LogP contribution is -2.59. The highest BCUT2D eigenvalue weighted by atomic mass is 35.5. The lowest BCUT2D eigenvalue weighted by Gasteiger charge is -2.38. The van der Waals surface area contributed by atoms with E-state index in [0.717, 1.165) is 25.7 Å². The fourth-order valence-corrected chi connectivity index (χ4v) is 2.91. The zero-order chi connectivity index (χ0) is 13.9. The molecule has 0 aromatic rings. The van der Waals surface area contributed by atoms with Crippen LogP contribution in [-0.4, -0.2) is 67.0 Å². The summed E-state index contributed by atoms with van der Waals surface area (Å²) in [6, 6.07) is 0. The van der Waals surface area contributed by atoms with Crippen molar-refractivity contribution in [1.29, 1.82) is 0 Å². The maximum atomic E-state index is 12.4. The zero-order valence-electron chi connectivity index (χ0n) is 12.0.